The van der Waals surface area contributed by atoms with Gasteiger partial charge in [0.15, 0.2) is 0 Å². The number of β-lactam (4-membered cyclic amide) rings is 1. The number of ether oxygens (including phenoxy) is 1. The molecule has 1 aliphatic rings. The Labute approximate surface area is 121 Å². The molecule has 0 spiro atoms. The Morgan fingerprint density at radius 1 is 1.19 bits per heavy atom. The minimum Gasteiger partial charge on any atom is -0.497 e. The average molecular weight is 286 g/mol. The van der Waals surface area contributed by atoms with Gasteiger partial charge in [-0.3, -0.25) is 4.79 Å². The van der Waals surface area contributed by atoms with Crippen LogP contribution in [0.2, 0.25) is 0 Å². The highest BCUT2D eigenvalue weighted by atomic mass is 19.1. The summed E-state index contributed by atoms with van der Waals surface area (Å²) in [6, 6.07) is 12.4. The molecule has 3 rings (SSSR count). The van der Waals surface area contributed by atoms with Gasteiger partial charge in [0.05, 0.1) is 13.2 Å². The number of methoxy groups -OCH3 is 1. The molecule has 2 aromatic rings. The lowest BCUT2D eigenvalue weighted by atomic mass is 9.88. The molecule has 2 aromatic carbocycles. The number of carbonyl (C=O) groups excluding carboxylic acids is 1. The van der Waals surface area contributed by atoms with Crippen LogP contribution in [0.25, 0.3) is 0 Å². The molecule has 108 valence electrons. The molecular weight excluding hydrogens is 271 g/mol. The zero-order chi connectivity index (χ0) is 15.0. The lowest BCUT2D eigenvalue weighted by Gasteiger charge is -2.45. The first-order valence-electron chi connectivity index (χ1n) is 6.60. The van der Waals surface area contributed by atoms with Crippen molar-refractivity contribution in [3.8, 4) is 5.75 Å². The maximum atomic E-state index is 13.4. The van der Waals surface area contributed by atoms with Crippen LogP contribution >= 0.6 is 0 Å². The summed E-state index contributed by atoms with van der Waals surface area (Å²) in [6.07, 6.45) is 0. The Morgan fingerprint density at radius 3 is 2.67 bits per heavy atom. The van der Waals surface area contributed by atoms with Gasteiger partial charge in [0.2, 0.25) is 5.91 Å². The van der Waals surface area contributed by atoms with Gasteiger partial charge in [-0.25, -0.2) is 4.39 Å². The molecule has 1 amide bonds. The maximum Gasteiger partial charge on any atom is 0.247 e. The van der Waals surface area contributed by atoms with Gasteiger partial charge in [-0.2, -0.15) is 0 Å². The third-order valence-corrected chi connectivity index (χ3v) is 3.66. The number of rotatable bonds is 3. The number of carbonyl (C=O) groups is 1. The number of nitrogens with two attached hydrogens (primary N) is 1. The molecule has 1 saturated heterocycles. The first-order valence-corrected chi connectivity index (χ1v) is 6.60. The van der Waals surface area contributed by atoms with E-state index in [1.807, 2.05) is 24.3 Å². The Bertz CT molecular complexity index is 689. The smallest absolute Gasteiger partial charge is 0.247 e. The summed E-state index contributed by atoms with van der Waals surface area (Å²) < 4.78 is 18.6. The normalized spacial score (nSPS) is 21.1. The molecule has 5 heteroatoms. The average Bonchev–Trinajstić information content (AvgIpc) is 2.51. The Kier molecular flexibility index (Phi) is 3.35. The van der Waals surface area contributed by atoms with Crippen LogP contribution in [-0.2, 0) is 4.79 Å². The minimum atomic E-state index is -0.625. The van der Waals surface area contributed by atoms with Crippen molar-refractivity contribution in [2.75, 3.05) is 12.0 Å². The van der Waals surface area contributed by atoms with E-state index in [2.05, 4.69) is 0 Å². The minimum absolute atomic E-state index is 0.214. The van der Waals surface area contributed by atoms with E-state index in [-0.39, 0.29) is 17.8 Å². The zero-order valence-corrected chi connectivity index (χ0v) is 11.5. The highest BCUT2D eigenvalue weighted by molar-refractivity contribution is 6.05. The number of nitrogens with zero attached hydrogens (tertiary/aromatic N) is 1. The molecule has 4 nitrogen and oxygen atoms in total. The zero-order valence-electron chi connectivity index (χ0n) is 11.5. The molecular formula is C16H15FN2O2. The van der Waals surface area contributed by atoms with E-state index in [4.69, 9.17) is 10.5 Å². The predicted octanol–water partition coefficient (Wildman–Crippen LogP) is 2.25. The summed E-state index contributed by atoms with van der Waals surface area (Å²) in [5.74, 6) is 0.0943. The SMILES string of the molecule is COc1cccc([C@H]2[C@@H](N)C(=O)N2c2cccc(F)c2)c1. The number of benzene rings is 2. The van der Waals surface area contributed by atoms with Crippen LogP contribution in [0, 0.1) is 5.82 Å². The molecule has 0 aliphatic carbocycles. The lowest BCUT2D eigenvalue weighted by molar-refractivity contribution is -0.126. The van der Waals surface area contributed by atoms with Crippen LogP contribution in [0.3, 0.4) is 0 Å². The first kappa shape index (κ1) is 13.6. The fraction of sp³-hybridized carbons (Fsp3) is 0.188. The molecule has 0 saturated carbocycles. The summed E-state index contributed by atoms with van der Waals surface area (Å²) >= 11 is 0. The van der Waals surface area contributed by atoms with Gasteiger partial charge in [0.1, 0.15) is 17.6 Å². The molecule has 0 unspecified atom stereocenters. The summed E-state index contributed by atoms with van der Waals surface area (Å²) in [7, 11) is 1.58. The number of halogens is 1. The van der Waals surface area contributed by atoms with Crippen LogP contribution in [0.5, 0.6) is 5.75 Å². The molecule has 0 bridgehead atoms. The molecule has 21 heavy (non-hydrogen) atoms. The topological polar surface area (TPSA) is 55.6 Å². The van der Waals surface area contributed by atoms with E-state index in [1.165, 1.54) is 17.0 Å². The van der Waals surface area contributed by atoms with Crippen LogP contribution in [-0.4, -0.2) is 19.1 Å². The molecule has 2 N–H and O–H groups in total. The second kappa shape index (κ2) is 5.18. The fourth-order valence-electron chi connectivity index (χ4n) is 2.61. The van der Waals surface area contributed by atoms with Gasteiger partial charge in [-0.15, -0.1) is 0 Å². The van der Waals surface area contributed by atoms with Crippen molar-refractivity contribution in [1.82, 2.24) is 0 Å². The van der Waals surface area contributed by atoms with E-state index < -0.39 is 6.04 Å². The largest absolute Gasteiger partial charge is 0.497 e. The van der Waals surface area contributed by atoms with E-state index in [0.717, 1.165) is 5.56 Å². The highest BCUT2D eigenvalue weighted by Crippen LogP contribution is 2.39. The standard InChI is InChI=1S/C16H15FN2O2/c1-21-13-7-2-4-10(8-13)15-14(18)16(20)19(15)12-6-3-5-11(17)9-12/h2-9,14-15H,18H2,1H3/t14-,15+/m1/s1. The summed E-state index contributed by atoms with van der Waals surface area (Å²) in [5.41, 5.74) is 7.31. The van der Waals surface area contributed by atoms with E-state index in [0.29, 0.717) is 11.4 Å². The van der Waals surface area contributed by atoms with Crippen LogP contribution in [0.15, 0.2) is 48.5 Å². The van der Waals surface area contributed by atoms with Gasteiger partial charge >= 0.3 is 0 Å². The van der Waals surface area contributed by atoms with E-state index in [1.54, 1.807) is 19.2 Å². The second-order valence-electron chi connectivity index (χ2n) is 4.94. The maximum absolute atomic E-state index is 13.4. The van der Waals surface area contributed by atoms with Crippen molar-refractivity contribution >= 4 is 11.6 Å². The molecule has 1 aliphatic heterocycles. The van der Waals surface area contributed by atoms with Crippen molar-refractivity contribution in [3.05, 3.63) is 59.9 Å². The first-order chi connectivity index (χ1) is 10.1. The Morgan fingerprint density at radius 2 is 1.95 bits per heavy atom. The predicted molar refractivity (Wildman–Crippen MR) is 77.6 cm³/mol. The third kappa shape index (κ3) is 2.25. The Balaban J connectivity index is 1.98. The number of anilines is 1. The molecule has 0 aromatic heterocycles. The monoisotopic (exact) mass is 286 g/mol. The van der Waals surface area contributed by atoms with Gasteiger partial charge in [0.25, 0.3) is 0 Å². The molecule has 1 heterocycles. The van der Waals surface area contributed by atoms with Gasteiger partial charge < -0.3 is 15.4 Å². The molecule has 0 radical (unpaired) electrons. The van der Waals surface area contributed by atoms with Crippen molar-refractivity contribution in [3.63, 3.8) is 0 Å². The summed E-state index contributed by atoms with van der Waals surface area (Å²) in [5, 5.41) is 0. The van der Waals surface area contributed by atoms with E-state index >= 15 is 0 Å². The summed E-state index contributed by atoms with van der Waals surface area (Å²) in [6.45, 7) is 0. The highest BCUT2D eigenvalue weighted by Gasteiger charge is 2.46. The lowest BCUT2D eigenvalue weighted by Crippen LogP contribution is -2.63. The van der Waals surface area contributed by atoms with Gasteiger partial charge in [-0.05, 0) is 35.9 Å². The number of hydrogen-bond acceptors (Lipinski definition) is 3. The van der Waals surface area contributed by atoms with Crippen LogP contribution < -0.4 is 15.4 Å². The van der Waals surface area contributed by atoms with Gasteiger partial charge in [0, 0.05) is 5.69 Å². The van der Waals surface area contributed by atoms with Crippen molar-refractivity contribution < 1.29 is 13.9 Å². The third-order valence-electron chi connectivity index (χ3n) is 3.66. The van der Waals surface area contributed by atoms with Gasteiger partial charge in [-0.1, -0.05) is 18.2 Å². The van der Waals surface area contributed by atoms with Crippen LogP contribution in [0.1, 0.15) is 11.6 Å². The van der Waals surface area contributed by atoms with Crippen molar-refractivity contribution in [2.45, 2.75) is 12.1 Å². The number of hydrogen-bond donors (Lipinski definition) is 1. The number of amides is 1. The molecule has 2 atom stereocenters. The van der Waals surface area contributed by atoms with Crippen LogP contribution in [0.4, 0.5) is 10.1 Å². The van der Waals surface area contributed by atoms with E-state index in [9.17, 15) is 9.18 Å². The second-order valence-corrected chi connectivity index (χ2v) is 4.94. The molecule has 1 fully saturated rings. The van der Waals surface area contributed by atoms with Crippen molar-refractivity contribution in [1.29, 1.82) is 0 Å². The van der Waals surface area contributed by atoms with Crippen molar-refractivity contribution in [2.24, 2.45) is 5.73 Å². The quantitative estimate of drug-likeness (QED) is 0.880. The fourth-order valence-corrected chi connectivity index (χ4v) is 2.61. The Hall–Kier alpha value is -2.40. The summed E-state index contributed by atoms with van der Waals surface area (Å²) in [4.78, 5) is 13.6.